The Hall–Kier alpha value is -3.15. The quantitative estimate of drug-likeness (QED) is 0.635. The first-order valence-electron chi connectivity index (χ1n) is 10.6. The van der Waals surface area contributed by atoms with Crippen molar-refractivity contribution in [3.63, 3.8) is 0 Å². The van der Waals surface area contributed by atoms with E-state index in [1.807, 2.05) is 6.07 Å². The lowest BCUT2D eigenvalue weighted by atomic mass is 10.1. The van der Waals surface area contributed by atoms with Gasteiger partial charge in [-0.3, -0.25) is 14.4 Å². The number of para-hydroxylation sites is 1. The van der Waals surface area contributed by atoms with E-state index < -0.39 is 11.9 Å². The third-order valence-corrected chi connectivity index (χ3v) is 5.40. The smallest absolute Gasteiger partial charge is 0.255 e. The Labute approximate surface area is 177 Å². The van der Waals surface area contributed by atoms with Crippen molar-refractivity contribution in [3.05, 3.63) is 65.7 Å². The number of hydrogen-bond donors (Lipinski definition) is 3. The van der Waals surface area contributed by atoms with Crippen LogP contribution in [0.4, 0.5) is 5.69 Å². The monoisotopic (exact) mass is 407 g/mol. The minimum atomic E-state index is -0.668. The zero-order valence-corrected chi connectivity index (χ0v) is 17.3. The third kappa shape index (κ3) is 5.92. The normalized spacial score (nSPS) is 15.5. The number of carbonyl (C=O) groups is 3. The highest BCUT2D eigenvalue weighted by Crippen LogP contribution is 2.18. The summed E-state index contributed by atoms with van der Waals surface area (Å²) in [5.41, 5.74) is 1.22. The molecule has 1 fully saturated rings. The molecule has 6 heteroatoms. The lowest BCUT2D eigenvalue weighted by Crippen LogP contribution is -2.48. The summed E-state index contributed by atoms with van der Waals surface area (Å²) in [6.07, 6.45) is 6.65. The maximum absolute atomic E-state index is 12.8. The second-order valence-electron chi connectivity index (χ2n) is 7.76. The molecule has 6 nitrogen and oxygen atoms in total. The molecule has 1 aliphatic carbocycles. The Kier molecular flexibility index (Phi) is 7.60. The summed E-state index contributed by atoms with van der Waals surface area (Å²) >= 11 is 0. The summed E-state index contributed by atoms with van der Waals surface area (Å²) in [7, 11) is 0. The average Bonchev–Trinajstić information content (AvgIpc) is 3.03. The van der Waals surface area contributed by atoms with E-state index in [2.05, 4.69) is 16.0 Å². The fraction of sp³-hybridized carbons (Fsp3) is 0.375. The van der Waals surface area contributed by atoms with Crippen LogP contribution in [0.25, 0.3) is 0 Å². The van der Waals surface area contributed by atoms with Gasteiger partial charge in [0.2, 0.25) is 5.91 Å². The van der Waals surface area contributed by atoms with Gasteiger partial charge in [0, 0.05) is 11.6 Å². The zero-order valence-electron chi connectivity index (χ0n) is 17.3. The van der Waals surface area contributed by atoms with Crippen LogP contribution in [0.2, 0.25) is 0 Å². The predicted octanol–water partition coefficient (Wildman–Crippen LogP) is 3.90. The molecule has 0 spiro atoms. The molecule has 0 aliphatic heterocycles. The molecule has 158 valence electrons. The van der Waals surface area contributed by atoms with Gasteiger partial charge in [-0.15, -0.1) is 0 Å². The van der Waals surface area contributed by atoms with Gasteiger partial charge in [-0.2, -0.15) is 0 Å². The van der Waals surface area contributed by atoms with Crippen LogP contribution in [0.15, 0.2) is 54.6 Å². The summed E-state index contributed by atoms with van der Waals surface area (Å²) in [5, 5.41) is 8.60. The van der Waals surface area contributed by atoms with Gasteiger partial charge in [0.15, 0.2) is 0 Å². The molecule has 3 amide bonds. The van der Waals surface area contributed by atoms with Gasteiger partial charge in [0.05, 0.1) is 11.3 Å². The lowest BCUT2D eigenvalue weighted by molar-refractivity contribution is -0.123. The van der Waals surface area contributed by atoms with Crippen molar-refractivity contribution in [3.8, 4) is 0 Å². The van der Waals surface area contributed by atoms with Gasteiger partial charge in [-0.25, -0.2) is 0 Å². The zero-order chi connectivity index (χ0) is 21.3. The van der Waals surface area contributed by atoms with E-state index in [0.717, 1.165) is 25.7 Å². The van der Waals surface area contributed by atoms with Gasteiger partial charge < -0.3 is 16.0 Å². The van der Waals surface area contributed by atoms with E-state index in [-0.39, 0.29) is 17.9 Å². The number of rotatable bonds is 6. The van der Waals surface area contributed by atoms with Gasteiger partial charge in [0.25, 0.3) is 11.8 Å². The summed E-state index contributed by atoms with van der Waals surface area (Å²) in [6, 6.07) is 15.1. The summed E-state index contributed by atoms with van der Waals surface area (Å²) in [6.45, 7) is 1.68. The van der Waals surface area contributed by atoms with Crippen LogP contribution in [-0.2, 0) is 4.79 Å². The Balaban J connectivity index is 1.62. The van der Waals surface area contributed by atoms with Crippen molar-refractivity contribution >= 4 is 23.4 Å². The summed E-state index contributed by atoms with van der Waals surface area (Å²) < 4.78 is 0. The Morgan fingerprint density at radius 2 is 1.47 bits per heavy atom. The molecule has 0 heterocycles. The highest BCUT2D eigenvalue weighted by molar-refractivity contribution is 6.09. The van der Waals surface area contributed by atoms with Crippen molar-refractivity contribution < 1.29 is 14.4 Å². The molecular weight excluding hydrogens is 378 g/mol. The minimum Gasteiger partial charge on any atom is -0.352 e. The fourth-order valence-electron chi connectivity index (χ4n) is 3.66. The molecule has 2 aromatic carbocycles. The molecular formula is C24H29N3O3. The first-order chi connectivity index (χ1) is 14.5. The van der Waals surface area contributed by atoms with Crippen molar-refractivity contribution in [1.82, 2.24) is 10.6 Å². The molecule has 3 N–H and O–H groups in total. The van der Waals surface area contributed by atoms with E-state index in [4.69, 9.17) is 0 Å². The molecule has 30 heavy (non-hydrogen) atoms. The van der Waals surface area contributed by atoms with Crippen molar-refractivity contribution in [2.24, 2.45) is 0 Å². The summed E-state index contributed by atoms with van der Waals surface area (Å²) in [5.74, 6) is -0.876. The van der Waals surface area contributed by atoms with Crippen molar-refractivity contribution in [1.29, 1.82) is 0 Å². The van der Waals surface area contributed by atoms with Crippen molar-refractivity contribution in [2.75, 3.05) is 5.32 Å². The first-order valence-corrected chi connectivity index (χ1v) is 10.6. The maximum atomic E-state index is 12.8. The van der Waals surface area contributed by atoms with E-state index in [9.17, 15) is 14.4 Å². The number of amides is 3. The molecule has 0 aromatic heterocycles. The molecule has 0 saturated heterocycles. The van der Waals surface area contributed by atoms with Gasteiger partial charge in [-0.1, -0.05) is 56.0 Å². The van der Waals surface area contributed by atoms with Crippen LogP contribution in [0, 0.1) is 0 Å². The molecule has 3 rings (SSSR count). The van der Waals surface area contributed by atoms with Gasteiger partial charge >= 0.3 is 0 Å². The molecule has 0 bridgehead atoms. The lowest BCUT2D eigenvalue weighted by Gasteiger charge is -2.20. The molecule has 1 atom stereocenters. The third-order valence-electron chi connectivity index (χ3n) is 5.40. The maximum Gasteiger partial charge on any atom is 0.255 e. The number of hydrogen-bond acceptors (Lipinski definition) is 3. The standard InChI is InChI=1S/C24H29N3O3/c1-17(22(28)26-19-13-7-2-3-8-14-19)25-24(30)20-15-9-10-16-21(20)27-23(29)18-11-5-4-6-12-18/h4-6,9-12,15-17,19H,2-3,7-8,13-14H2,1H3,(H,25,30)(H,26,28)(H,27,29). The highest BCUT2D eigenvalue weighted by Gasteiger charge is 2.22. The Morgan fingerprint density at radius 3 is 2.17 bits per heavy atom. The SMILES string of the molecule is CC(NC(=O)c1ccccc1NC(=O)c1ccccc1)C(=O)NC1CCCCCC1. The molecule has 1 unspecified atom stereocenters. The second-order valence-corrected chi connectivity index (χ2v) is 7.76. The van der Waals surface area contributed by atoms with E-state index in [0.29, 0.717) is 16.8 Å². The molecule has 1 saturated carbocycles. The fourth-order valence-corrected chi connectivity index (χ4v) is 3.66. The van der Waals surface area contributed by atoms with Gasteiger partial charge in [0.1, 0.15) is 6.04 Å². The number of anilines is 1. The predicted molar refractivity (Wildman–Crippen MR) is 117 cm³/mol. The largest absolute Gasteiger partial charge is 0.352 e. The van der Waals surface area contributed by atoms with Crippen molar-refractivity contribution in [2.45, 2.75) is 57.5 Å². The van der Waals surface area contributed by atoms with Gasteiger partial charge in [-0.05, 0) is 44.0 Å². The van der Waals surface area contributed by atoms with Crippen LogP contribution in [-0.4, -0.2) is 29.8 Å². The minimum absolute atomic E-state index is 0.178. The van der Waals surface area contributed by atoms with E-state index >= 15 is 0 Å². The van der Waals surface area contributed by atoms with Crippen LogP contribution in [0.3, 0.4) is 0 Å². The second kappa shape index (κ2) is 10.6. The Bertz CT molecular complexity index is 874. The summed E-state index contributed by atoms with van der Waals surface area (Å²) in [4.78, 5) is 37.8. The van der Waals surface area contributed by atoms with E-state index in [1.54, 1.807) is 55.5 Å². The van der Waals surface area contributed by atoms with Crippen LogP contribution in [0.5, 0.6) is 0 Å². The Morgan fingerprint density at radius 1 is 0.833 bits per heavy atom. The van der Waals surface area contributed by atoms with Crippen LogP contribution >= 0.6 is 0 Å². The molecule has 2 aromatic rings. The number of benzene rings is 2. The van der Waals surface area contributed by atoms with Crippen LogP contribution < -0.4 is 16.0 Å². The number of carbonyl (C=O) groups excluding carboxylic acids is 3. The average molecular weight is 408 g/mol. The topological polar surface area (TPSA) is 87.3 Å². The molecule has 1 aliphatic rings. The highest BCUT2D eigenvalue weighted by atomic mass is 16.2. The van der Waals surface area contributed by atoms with Crippen LogP contribution in [0.1, 0.15) is 66.2 Å². The first kappa shape index (κ1) is 21.6. The number of nitrogens with one attached hydrogen (secondary N) is 3. The van der Waals surface area contributed by atoms with E-state index in [1.165, 1.54) is 12.8 Å². The molecule has 0 radical (unpaired) electrons.